The zero-order chi connectivity index (χ0) is 25.0. The minimum absolute atomic E-state index is 0.00334. The summed E-state index contributed by atoms with van der Waals surface area (Å²) >= 11 is 7.14. The third-order valence-corrected chi connectivity index (χ3v) is 7.72. The smallest absolute Gasteiger partial charge is 0.338 e. The summed E-state index contributed by atoms with van der Waals surface area (Å²) < 4.78 is 47.7. The van der Waals surface area contributed by atoms with Gasteiger partial charge < -0.3 is 9.64 Å². The fourth-order valence-electron chi connectivity index (χ4n) is 3.39. The molecule has 4 rings (SSSR count). The van der Waals surface area contributed by atoms with Crippen LogP contribution in [0.15, 0.2) is 72.4 Å². The summed E-state index contributed by atoms with van der Waals surface area (Å²) in [5.74, 6) is -2.43. The van der Waals surface area contributed by atoms with Gasteiger partial charge in [0.2, 0.25) is 10.0 Å². The van der Waals surface area contributed by atoms with Crippen LogP contribution in [0, 0.1) is 5.82 Å². The van der Waals surface area contributed by atoms with E-state index in [0.29, 0.717) is 4.34 Å². The number of sulfonamides is 1. The Morgan fingerprint density at radius 2 is 1.91 bits per heavy atom. The standard InChI is InChI=1S/C24H20ClFN2O5S2/c25-22-9-7-18(34-22)11-13-35(31,32)27-20-10-12-28(23(20)29)21-8-6-17(14-19(21)26)24(30)33-15-16-4-2-1-3-5-16/h1-10,14,27H,11-13,15H2. The maximum absolute atomic E-state index is 14.8. The number of nitrogens with one attached hydrogen (secondary N) is 1. The van der Waals surface area contributed by atoms with Crippen LogP contribution in [0.25, 0.3) is 0 Å². The van der Waals surface area contributed by atoms with Crippen molar-refractivity contribution in [1.82, 2.24) is 4.72 Å². The van der Waals surface area contributed by atoms with E-state index in [4.69, 9.17) is 16.3 Å². The molecule has 1 N–H and O–H groups in total. The van der Waals surface area contributed by atoms with E-state index in [9.17, 15) is 22.4 Å². The molecule has 0 radical (unpaired) electrons. The molecule has 0 unspecified atom stereocenters. The fourth-order valence-corrected chi connectivity index (χ4v) is 5.70. The Morgan fingerprint density at radius 1 is 1.14 bits per heavy atom. The molecule has 7 nitrogen and oxygen atoms in total. The van der Waals surface area contributed by atoms with E-state index in [1.165, 1.54) is 29.5 Å². The Morgan fingerprint density at radius 3 is 2.60 bits per heavy atom. The summed E-state index contributed by atoms with van der Waals surface area (Å²) in [6.45, 7) is 0.0204. The molecule has 0 bridgehead atoms. The molecule has 35 heavy (non-hydrogen) atoms. The van der Waals surface area contributed by atoms with E-state index in [-0.39, 0.29) is 42.3 Å². The van der Waals surface area contributed by atoms with Crippen LogP contribution in [-0.2, 0) is 32.6 Å². The minimum Gasteiger partial charge on any atom is -0.457 e. The molecule has 182 valence electrons. The van der Waals surface area contributed by atoms with Crippen molar-refractivity contribution in [2.75, 3.05) is 17.2 Å². The van der Waals surface area contributed by atoms with Crippen LogP contribution in [0.3, 0.4) is 0 Å². The van der Waals surface area contributed by atoms with Gasteiger partial charge in [-0.2, -0.15) is 0 Å². The number of amides is 1. The van der Waals surface area contributed by atoms with Crippen molar-refractivity contribution in [3.05, 3.63) is 98.6 Å². The Labute approximate surface area is 210 Å². The highest BCUT2D eigenvalue weighted by Gasteiger charge is 2.30. The van der Waals surface area contributed by atoms with Crippen molar-refractivity contribution in [2.45, 2.75) is 13.0 Å². The van der Waals surface area contributed by atoms with E-state index in [1.807, 2.05) is 18.2 Å². The Kier molecular flexibility index (Phi) is 7.54. The predicted octanol–water partition coefficient (Wildman–Crippen LogP) is 4.29. The van der Waals surface area contributed by atoms with E-state index >= 15 is 0 Å². The number of hydrogen-bond donors (Lipinski definition) is 1. The molecule has 0 atom stereocenters. The molecular formula is C24H20ClFN2O5S2. The van der Waals surface area contributed by atoms with Crippen LogP contribution in [0.1, 0.15) is 20.8 Å². The summed E-state index contributed by atoms with van der Waals surface area (Å²) in [7, 11) is -3.81. The highest BCUT2D eigenvalue weighted by Crippen LogP contribution is 2.26. The number of halogens is 2. The summed E-state index contributed by atoms with van der Waals surface area (Å²) in [5, 5.41) is 0. The number of anilines is 1. The van der Waals surface area contributed by atoms with Gasteiger partial charge in [-0.15, -0.1) is 11.3 Å². The first-order valence-electron chi connectivity index (χ1n) is 10.5. The van der Waals surface area contributed by atoms with Crippen LogP contribution in [0.4, 0.5) is 10.1 Å². The molecule has 0 aliphatic carbocycles. The third-order valence-electron chi connectivity index (χ3n) is 5.15. The molecule has 1 aliphatic heterocycles. The van der Waals surface area contributed by atoms with Crippen molar-refractivity contribution < 1.29 is 27.1 Å². The molecule has 1 aromatic heterocycles. The molecule has 0 saturated heterocycles. The molecule has 11 heteroatoms. The van der Waals surface area contributed by atoms with E-state index in [1.54, 1.807) is 24.3 Å². The lowest BCUT2D eigenvalue weighted by Gasteiger charge is -2.18. The average molecular weight is 535 g/mol. The minimum atomic E-state index is -3.81. The lowest BCUT2D eigenvalue weighted by molar-refractivity contribution is -0.114. The quantitative estimate of drug-likeness (QED) is 0.413. The Balaban J connectivity index is 1.36. The number of rotatable bonds is 9. The molecular weight excluding hydrogens is 515 g/mol. The zero-order valence-corrected chi connectivity index (χ0v) is 20.6. The topological polar surface area (TPSA) is 92.8 Å². The summed E-state index contributed by atoms with van der Waals surface area (Å²) in [6, 6.07) is 16.1. The number of aryl methyl sites for hydroxylation is 1. The van der Waals surface area contributed by atoms with Gasteiger partial charge >= 0.3 is 5.97 Å². The van der Waals surface area contributed by atoms with E-state index < -0.39 is 27.7 Å². The average Bonchev–Trinajstić information content (AvgIpc) is 3.42. The normalized spacial score (nSPS) is 13.6. The van der Waals surface area contributed by atoms with Gasteiger partial charge in [0.15, 0.2) is 0 Å². The number of carbonyl (C=O) groups is 2. The number of benzene rings is 2. The zero-order valence-electron chi connectivity index (χ0n) is 18.2. The van der Waals surface area contributed by atoms with Gasteiger partial charge in [-0.3, -0.25) is 9.52 Å². The highest BCUT2D eigenvalue weighted by atomic mass is 35.5. The summed E-state index contributed by atoms with van der Waals surface area (Å²) in [4.78, 5) is 26.9. The van der Waals surface area contributed by atoms with Crippen LogP contribution in [-0.4, -0.2) is 32.6 Å². The first kappa shape index (κ1) is 24.9. The van der Waals surface area contributed by atoms with Crippen molar-refractivity contribution >= 4 is 50.5 Å². The van der Waals surface area contributed by atoms with Crippen LogP contribution in [0.5, 0.6) is 0 Å². The largest absolute Gasteiger partial charge is 0.457 e. The molecule has 1 aliphatic rings. The van der Waals surface area contributed by atoms with E-state index in [0.717, 1.165) is 21.4 Å². The number of nitrogens with zero attached hydrogens (tertiary/aromatic N) is 1. The monoisotopic (exact) mass is 534 g/mol. The van der Waals surface area contributed by atoms with Gasteiger partial charge in [0.05, 0.1) is 21.3 Å². The maximum Gasteiger partial charge on any atom is 0.338 e. The maximum atomic E-state index is 14.8. The molecule has 2 aromatic carbocycles. The molecule has 0 spiro atoms. The van der Waals surface area contributed by atoms with Gasteiger partial charge in [-0.05, 0) is 48.4 Å². The van der Waals surface area contributed by atoms with Gasteiger partial charge in [0, 0.05) is 11.4 Å². The lowest BCUT2D eigenvalue weighted by Crippen LogP contribution is -2.34. The molecule has 1 amide bonds. The van der Waals surface area contributed by atoms with Gasteiger partial charge in [-0.1, -0.05) is 41.9 Å². The highest BCUT2D eigenvalue weighted by molar-refractivity contribution is 7.89. The van der Waals surface area contributed by atoms with Crippen LogP contribution < -0.4 is 9.62 Å². The first-order valence-corrected chi connectivity index (χ1v) is 13.3. The molecule has 3 aromatic rings. The van der Waals surface area contributed by atoms with Crippen molar-refractivity contribution in [3.63, 3.8) is 0 Å². The van der Waals surface area contributed by atoms with Crippen molar-refractivity contribution in [1.29, 1.82) is 0 Å². The number of ether oxygens (including phenoxy) is 1. The number of thiophene rings is 1. The number of esters is 1. The molecule has 0 saturated carbocycles. The number of hydrogen-bond acceptors (Lipinski definition) is 6. The van der Waals surface area contributed by atoms with Crippen molar-refractivity contribution in [2.24, 2.45) is 0 Å². The molecule has 0 fully saturated rings. The lowest BCUT2D eigenvalue weighted by atomic mass is 10.2. The fraction of sp³-hybridized carbons (Fsp3) is 0.167. The Hall–Kier alpha value is -3.21. The first-order chi connectivity index (χ1) is 16.7. The third kappa shape index (κ3) is 6.27. The predicted molar refractivity (Wildman–Crippen MR) is 132 cm³/mol. The van der Waals surface area contributed by atoms with Gasteiger partial charge in [0.1, 0.15) is 18.1 Å². The second kappa shape index (κ2) is 10.6. The second-order valence-corrected chi connectivity index (χ2v) is 11.3. The van der Waals surface area contributed by atoms with Crippen LogP contribution >= 0.6 is 22.9 Å². The van der Waals surface area contributed by atoms with Crippen LogP contribution in [0.2, 0.25) is 4.34 Å². The van der Waals surface area contributed by atoms with Gasteiger partial charge in [0.25, 0.3) is 5.91 Å². The summed E-state index contributed by atoms with van der Waals surface area (Å²) in [6.07, 6.45) is 1.62. The second-order valence-electron chi connectivity index (χ2n) is 7.64. The number of carbonyl (C=O) groups excluding carboxylic acids is 2. The molecule has 2 heterocycles. The van der Waals surface area contributed by atoms with E-state index in [2.05, 4.69) is 4.72 Å². The Bertz CT molecular complexity index is 1390. The summed E-state index contributed by atoms with van der Waals surface area (Å²) in [5.41, 5.74) is 0.561. The van der Waals surface area contributed by atoms with Gasteiger partial charge in [-0.25, -0.2) is 17.6 Å². The van der Waals surface area contributed by atoms with Crippen molar-refractivity contribution in [3.8, 4) is 0 Å². The SMILES string of the molecule is O=C(OCc1ccccc1)c1ccc(N2CC=C(NS(=O)(=O)CCc3ccc(Cl)s3)C2=O)c(F)c1.